The Morgan fingerprint density at radius 2 is 2.22 bits per heavy atom. The summed E-state index contributed by atoms with van der Waals surface area (Å²) in [4.78, 5) is 11.3. The van der Waals surface area contributed by atoms with Gasteiger partial charge in [-0.25, -0.2) is 0 Å². The third-order valence-corrected chi connectivity index (χ3v) is 2.41. The van der Waals surface area contributed by atoms with E-state index in [9.17, 15) is 4.79 Å². The summed E-state index contributed by atoms with van der Waals surface area (Å²) in [6, 6.07) is 5.47. The van der Waals surface area contributed by atoms with Crippen molar-refractivity contribution >= 4 is 5.91 Å². The fourth-order valence-electron chi connectivity index (χ4n) is 1.57. The lowest BCUT2D eigenvalue weighted by Gasteiger charge is -2.12. The van der Waals surface area contributed by atoms with Gasteiger partial charge in [0.25, 0.3) is 5.91 Å². The number of benzene rings is 1. The molecule has 100 valence electrons. The van der Waals surface area contributed by atoms with Crippen LogP contribution in [-0.2, 0) is 11.2 Å². The minimum atomic E-state index is -0.132. The van der Waals surface area contributed by atoms with Crippen molar-refractivity contribution in [1.82, 2.24) is 5.32 Å². The third-order valence-electron chi connectivity index (χ3n) is 2.41. The van der Waals surface area contributed by atoms with Gasteiger partial charge in [0.1, 0.15) is 11.5 Å². The molecule has 0 radical (unpaired) electrons. The first kappa shape index (κ1) is 14.3. The van der Waals surface area contributed by atoms with Crippen molar-refractivity contribution in [2.75, 3.05) is 26.8 Å². The number of nitrogens with two attached hydrogens (primary N) is 1. The minimum Gasteiger partial charge on any atom is -0.497 e. The smallest absolute Gasteiger partial charge is 0.257 e. The normalized spacial score (nSPS) is 9.94. The molecule has 0 aliphatic rings. The van der Waals surface area contributed by atoms with Crippen LogP contribution in [0.25, 0.3) is 0 Å². The van der Waals surface area contributed by atoms with Gasteiger partial charge in [0.15, 0.2) is 6.61 Å². The monoisotopic (exact) mass is 252 g/mol. The predicted molar refractivity (Wildman–Crippen MR) is 69.9 cm³/mol. The Hall–Kier alpha value is -1.75. The van der Waals surface area contributed by atoms with Crippen LogP contribution in [0.1, 0.15) is 12.5 Å². The van der Waals surface area contributed by atoms with Crippen LogP contribution >= 0.6 is 0 Å². The number of nitrogens with one attached hydrogen (secondary N) is 1. The standard InChI is InChI=1S/C13H20N2O3/c1-3-15-13(16)9-18-12-5-4-11(17-2)8-10(12)6-7-14/h4-5,8H,3,6-7,9,14H2,1-2H3,(H,15,16). The highest BCUT2D eigenvalue weighted by Crippen LogP contribution is 2.24. The lowest BCUT2D eigenvalue weighted by atomic mass is 10.1. The molecule has 0 aromatic heterocycles. The second-order valence-electron chi connectivity index (χ2n) is 3.75. The number of carbonyl (C=O) groups is 1. The maximum atomic E-state index is 11.3. The highest BCUT2D eigenvalue weighted by molar-refractivity contribution is 5.77. The van der Waals surface area contributed by atoms with Crippen LogP contribution in [0.5, 0.6) is 11.5 Å². The van der Waals surface area contributed by atoms with Crippen LogP contribution in [-0.4, -0.2) is 32.7 Å². The van der Waals surface area contributed by atoms with E-state index >= 15 is 0 Å². The largest absolute Gasteiger partial charge is 0.497 e. The fourth-order valence-corrected chi connectivity index (χ4v) is 1.57. The zero-order valence-electron chi connectivity index (χ0n) is 10.9. The van der Waals surface area contributed by atoms with Gasteiger partial charge in [0.05, 0.1) is 7.11 Å². The van der Waals surface area contributed by atoms with Crippen LogP contribution in [0, 0.1) is 0 Å². The van der Waals surface area contributed by atoms with Crippen molar-refractivity contribution in [1.29, 1.82) is 0 Å². The van der Waals surface area contributed by atoms with Gasteiger partial charge in [-0.3, -0.25) is 4.79 Å². The zero-order chi connectivity index (χ0) is 13.4. The Morgan fingerprint density at radius 3 is 2.83 bits per heavy atom. The van der Waals surface area contributed by atoms with E-state index in [1.807, 2.05) is 13.0 Å². The molecule has 0 unspecified atom stereocenters. The Kier molecular flexibility index (Phi) is 6.00. The van der Waals surface area contributed by atoms with Crippen LogP contribution in [0.3, 0.4) is 0 Å². The quantitative estimate of drug-likeness (QED) is 0.749. The Balaban J connectivity index is 2.71. The second-order valence-corrected chi connectivity index (χ2v) is 3.75. The number of hydrogen-bond acceptors (Lipinski definition) is 4. The minimum absolute atomic E-state index is 0.0116. The molecule has 0 fully saturated rings. The van der Waals surface area contributed by atoms with E-state index in [4.69, 9.17) is 15.2 Å². The molecular formula is C13H20N2O3. The van der Waals surface area contributed by atoms with Crippen molar-refractivity contribution in [2.45, 2.75) is 13.3 Å². The molecule has 0 aliphatic heterocycles. The summed E-state index contributed by atoms with van der Waals surface area (Å²) in [5, 5.41) is 2.68. The van der Waals surface area contributed by atoms with Gasteiger partial charge >= 0.3 is 0 Å². The van der Waals surface area contributed by atoms with Crippen molar-refractivity contribution < 1.29 is 14.3 Å². The molecule has 5 nitrogen and oxygen atoms in total. The SMILES string of the molecule is CCNC(=O)COc1ccc(OC)cc1CCN. The summed E-state index contributed by atoms with van der Waals surface area (Å²) in [6.45, 7) is 2.99. The first-order valence-electron chi connectivity index (χ1n) is 5.97. The molecule has 0 spiro atoms. The van der Waals surface area contributed by atoms with Gasteiger partial charge in [0, 0.05) is 6.54 Å². The van der Waals surface area contributed by atoms with Gasteiger partial charge in [0.2, 0.25) is 0 Å². The molecule has 0 aliphatic carbocycles. The van der Waals surface area contributed by atoms with E-state index < -0.39 is 0 Å². The summed E-state index contributed by atoms with van der Waals surface area (Å²) in [5.74, 6) is 1.29. The number of rotatable bonds is 7. The maximum Gasteiger partial charge on any atom is 0.257 e. The van der Waals surface area contributed by atoms with E-state index in [-0.39, 0.29) is 12.5 Å². The average Bonchev–Trinajstić information content (AvgIpc) is 2.38. The van der Waals surface area contributed by atoms with E-state index in [2.05, 4.69) is 5.32 Å². The zero-order valence-corrected chi connectivity index (χ0v) is 10.9. The van der Waals surface area contributed by atoms with Crippen LogP contribution in [0.4, 0.5) is 0 Å². The molecule has 1 rings (SSSR count). The number of likely N-dealkylation sites (N-methyl/N-ethyl adjacent to an activating group) is 1. The first-order valence-corrected chi connectivity index (χ1v) is 5.97. The molecule has 5 heteroatoms. The number of hydrogen-bond donors (Lipinski definition) is 2. The van der Waals surface area contributed by atoms with E-state index in [1.165, 1.54) is 0 Å². The van der Waals surface area contributed by atoms with Crippen molar-refractivity contribution in [2.24, 2.45) is 5.73 Å². The molecular weight excluding hydrogens is 232 g/mol. The Labute approximate surface area is 107 Å². The highest BCUT2D eigenvalue weighted by Gasteiger charge is 2.07. The molecule has 1 amide bonds. The molecule has 0 atom stereocenters. The predicted octanol–water partition coefficient (Wildman–Crippen LogP) is 0.711. The summed E-state index contributed by atoms with van der Waals surface area (Å²) < 4.78 is 10.6. The molecule has 18 heavy (non-hydrogen) atoms. The lowest BCUT2D eigenvalue weighted by molar-refractivity contribution is -0.122. The van der Waals surface area contributed by atoms with Crippen LogP contribution in [0.15, 0.2) is 18.2 Å². The molecule has 1 aromatic carbocycles. The number of methoxy groups -OCH3 is 1. The van der Waals surface area contributed by atoms with Gasteiger partial charge in [-0.1, -0.05) is 0 Å². The van der Waals surface area contributed by atoms with E-state index in [0.717, 1.165) is 11.3 Å². The second kappa shape index (κ2) is 7.55. The Bertz CT molecular complexity index is 394. The number of amides is 1. The van der Waals surface area contributed by atoms with Crippen molar-refractivity contribution in [3.63, 3.8) is 0 Å². The summed E-state index contributed by atoms with van der Waals surface area (Å²) in [7, 11) is 1.61. The van der Waals surface area contributed by atoms with E-state index in [1.54, 1.807) is 19.2 Å². The molecule has 3 N–H and O–H groups in total. The average molecular weight is 252 g/mol. The lowest BCUT2D eigenvalue weighted by Crippen LogP contribution is -2.28. The van der Waals surface area contributed by atoms with Crippen molar-refractivity contribution in [3.8, 4) is 11.5 Å². The third kappa shape index (κ3) is 4.25. The van der Waals surface area contributed by atoms with Gasteiger partial charge in [-0.05, 0) is 43.7 Å². The summed E-state index contributed by atoms with van der Waals surface area (Å²) in [5.41, 5.74) is 6.49. The number of carbonyl (C=O) groups excluding carboxylic acids is 1. The highest BCUT2D eigenvalue weighted by atomic mass is 16.5. The van der Waals surface area contributed by atoms with Gasteiger partial charge < -0.3 is 20.5 Å². The summed E-state index contributed by atoms with van der Waals surface area (Å²) >= 11 is 0. The molecule has 0 saturated carbocycles. The molecule has 0 bridgehead atoms. The van der Waals surface area contributed by atoms with Gasteiger partial charge in [-0.2, -0.15) is 0 Å². The number of ether oxygens (including phenoxy) is 2. The Morgan fingerprint density at radius 1 is 1.44 bits per heavy atom. The fraction of sp³-hybridized carbons (Fsp3) is 0.462. The van der Waals surface area contributed by atoms with Crippen LogP contribution in [0.2, 0.25) is 0 Å². The molecule has 0 saturated heterocycles. The molecule has 1 aromatic rings. The van der Waals surface area contributed by atoms with Crippen molar-refractivity contribution in [3.05, 3.63) is 23.8 Å². The maximum absolute atomic E-state index is 11.3. The molecule has 0 heterocycles. The van der Waals surface area contributed by atoms with Gasteiger partial charge in [-0.15, -0.1) is 0 Å². The van der Waals surface area contributed by atoms with Crippen LogP contribution < -0.4 is 20.5 Å². The topological polar surface area (TPSA) is 73.6 Å². The first-order chi connectivity index (χ1) is 8.71. The van der Waals surface area contributed by atoms with E-state index in [0.29, 0.717) is 25.3 Å². The summed E-state index contributed by atoms with van der Waals surface area (Å²) in [6.07, 6.45) is 0.682.